The fraction of sp³-hybridized carbons (Fsp3) is 0.364. The average Bonchev–Trinajstić information content (AvgIpc) is 2.15. The van der Waals surface area contributed by atoms with Crippen molar-refractivity contribution in [2.45, 2.75) is 19.3 Å². The molecule has 1 aliphatic rings. The molecule has 0 aromatic heterocycles. The number of benzene rings is 1. The van der Waals surface area contributed by atoms with Crippen LogP contribution in [0.4, 0.5) is 5.69 Å². The largest absolute Gasteiger partial charge is 0.488 e. The molecule has 0 spiro atoms. The lowest BCUT2D eigenvalue weighted by Gasteiger charge is -2.24. The maximum absolute atomic E-state index is 11.6. The highest BCUT2D eigenvalue weighted by Crippen LogP contribution is 2.27. The maximum atomic E-state index is 11.6. The van der Waals surface area contributed by atoms with E-state index in [1.165, 1.54) is 0 Å². The Bertz CT molecular complexity index is 373. The summed E-state index contributed by atoms with van der Waals surface area (Å²) in [4.78, 5) is 11.6. The van der Waals surface area contributed by atoms with Crippen LogP contribution in [0.2, 0.25) is 0 Å². The summed E-state index contributed by atoms with van der Waals surface area (Å²) < 4.78 is 0. The summed E-state index contributed by atoms with van der Waals surface area (Å²) in [6.45, 7) is 0. The van der Waals surface area contributed by atoms with Crippen molar-refractivity contribution in [1.82, 2.24) is 0 Å². The third-order valence-electron chi connectivity index (χ3n) is 2.95. The molecule has 1 aromatic rings. The van der Waals surface area contributed by atoms with Crippen LogP contribution in [0.3, 0.4) is 0 Å². The topological polar surface area (TPSA) is 69.6 Å². The second-order valence-corrected chi connectivity index (χ2v) is 4.11. The smallest absolute Gasteiger partial charge is 0.423 e. The van der Waals surface area contributed by atoms with E-state index in [0.29, 0.717) is 11.2 Å². The van der Waals surface area contributed by atoms with E-state index in [0.717, 1.165) is 19.3 Å². The Morgan fingerprint density at radius 3 is 2.31 bits per heavy atom. The van der Waals surface area contributed by atoms with Crippen molar-refractivity contribution in [1.29, 1.82) is 0 Å². The van der Waals surface area contributed by atoms with Gasteiger partial charge >= 0.3 is 7.12 Å². The fourth-order valence-corrected chi connectivity index (χ4v) is 1.65. The monoisotopic (exact) mass is 219 g/mol. The molecule has 3 N–H and O–H groups in total. The molecule has 2 rings (SSSR count). The minimum Gasteiger partial charge on any atom is -0.423 e. The molecule has 4 nitrogen and oxygen atoms in total. The predicted molar refractivity (Wildman–Crippen MR) is 62.2 cm³/mol. The molecule has 5 heteroatoms. The second kappa shape index (κ2) is 4.68. The quantitative estimate of drug-likeness (QED) is 0.631. The number of hydrogen-bond acceptors (Lipinski definition) is 3. The minimum atomic E-state index is -1.46. The molecule has 1 saturated carbocycles. The number of amides is 1. The van der Waals surface area contributed by atoms with Crippen molar-refractivity contribution in [2.75, 3.05) is 5.32 Å². The van der Waals surface area contributed by atoms with E-state index in [1.54, 1.807) is 24.3 Å². The van der Waals surface area contributed by atoms with E-state index in [4.69, 9.17) is 10.0 Å². The number of hydrogen-bond donors (Lipinski definition) is 3. The molecule has 0 unspecified atom stereocenters. The first-order valence-corrected chi connectivity index (χ1v) is 5.44. The maximum Gasteiger partial charge on any atom is 0.488 e. The second-order valence-electron chi connectivity index (χ2n) is 4.11. The van der Waals surface area contributed by atoms with Gasteiger partial charge < -0.3 is 15.4 Å². The van der Waals surface area contributed by atoms with Crippen molar-refractivity contribution in [2.24, 2.45) is 5.92 Å². The van der Waals surface area contributed by atoms with Crippen molar-refractivity contribution in [3.63, 3.8) is 0 Å². The van der Waals surface area contributed by atoms with Crippen molar-refractivity contribution in [3.8, 4) is 0 Å². The van der Waals surface area contributed by atoms with Gasteiger partial charge in [0.05, 0.1) is 0 Å². The molecule has 1 amide bonds. The number of anilines is 1. The van der Waals surface area contributed by atoms with E-state index in [9.17, 15) is 4.79 Å². The summed E-state index contributed by atoms with van der Waals surface area (Å²) in [6.07, 6.45) is 3.08. The first-order valence-electron chi connectivity index (χ1n) is 5.44. The van der Waals surface area contributed by atoms with Crippen LogP contribution in [0.25, 0.3) is 0 Å². The number of carbonyl (C=O) groups excluding carboxylic acids is 1. The summed E-state index contributed by atoms with van der Waals surface area (Å²) >= 11 is 0. The Labute approximate surface area is 94.4 Å². The van der Waals surface area contributed by atoms with Crippen molar-refractivity contribution >= 4 is 24.2 Å². The molecule has 0 bridgehead atoms. The van der Waals surface area contributed by atoms with Gasteiger partial charge in [-0.1, -0.05) is 18.6 Å². The SMILES string of the molecule is O=C(Nc1ccc(B(O)O)cc1)C1CCC1. The molecule has 0 atom stereocenters. The highest BCUT2D eigenvalue weighted by atomic mass is 16.4. The van der Waals surface area contributed by atoms with Crippen LogP contribution in [0, 0.1) is 5.92 Å². The van der Waals surface area contributed by atoms with Gasteiger partial charge in [0.1, 0.15) is 0 Å². The molecule has 0 radical (unpaired) electrons. The number of rotatable bonds is 3. The summed E-state index contributed by atoms with van der Waals surface area (Å²) in [5, 5.41) is 20.6. The van der Waals surface area contributed by atoms with Crippen LogP contribution in [-0.2, 0) is 4.79 Å². The summed E-state index contributed by atoms with van der Waals surface area (Å²) in [5.74, 6) is 0.214. The first kappa shape index (κ1) is 11.2. The standard InChI is InChI=1S/C11H14BNO3/c14-11(8-2-1-3-8)13-10-6-4-9(5-7-10)12(15)16/h4-8,15-16H,1-3H2,(H,13,14). The van der Waals surface area contributed by atoms with Crippen LogP contribution < -0.4 is 10.8 Å². The van der Waals surface area contributed by atoms with Crippen LogP contribution in [0.1, 0.15) is 19.3 Å². The summed E-state index contributed by atoms with van der Waals surface area (Å²) in [6, 6.07) is 6.51. The normalized spacial score (nSPS) is 15.4. The van der Waals surface area contributed by atoms with E-state index < -0.39 is 7.12 Å². The molecule has 0 saturated heterocycles. The van der Waals surface area contributed by atoms with Gasteiger partial charge in [0.25, 0.3) is 0 Å². The summed E-state index contributed by atoms with van der Waals surface area (Å²) in [7, 11) is -1.46. The number of nitrogens with one attached hydrogen (secondary N) is 1. The van der Waals surface area contributed by atoms with Gasteiger partial charge in [-0.2, -0.15) is 0 Å². The van der Waals surface area contributed by atoms with E-state index in [2.05, 4.69) is 5.32 Å². The Balaban J connectivity index is 1.96. The van der Waals surface area contributed by atoms with E-state index in [-0.39, 0.29) is 11.8 Å². The molecule has 84 valence electrons. The van der Waals surface area contributed by atoms with Crippen molar-refractivity contribution < 1.29 is 14.8 Å². The molecular formula is C11H14BNO3. The van der Waals surface area contributed by atoms with Gasteiger partial charge in [-0.05, 0) is 30.4 Å². The number of carbonyl (C=O) groups is 1. The molecular weight excluding hydrogens is 205 g/mol. The van der Waals surface area contributed by atoms with Gasteiger partial charge in [-0.15, -0.1) is 0 Å². The van der Waals surface area contributed by atoms with Crippen LogP contribution >= 0.6 is 0 Å². The minimum absolute atomic E-state index is 0.0588. The van der Waals surface area contributed by atoms with Crippen LogP contribution in [0.5, 0.6) is 0 Å². The predicted octanol–water partition coefficient (Wildman–Crippen LogP) is 0.105. The van der Waals surface area contributed by atoms with Gasteiger partial charge in [-0.25, -0.2) is 0 Å². The first-order chi connectivity index (χ1) is 7.66. The zero-order chi connectivity index (χ0) is 11.5. The Kier molecular flexibility index (Phi) is 3.26. The van der Waals surface area contributed by atoms with Gasteiger partial charge in [0.2, 0.25) is 5.91 Å². The molecule has 1 aromatic carbocycles. The molecule has 0 heterocycles. The lowest BCUT2D eigenvalue weighted by atomic mass is 9.80. The van der Waals surface area contributed by atoms with E-state index in [1.807, 2.05) is 0 Å². The average molecular weight is 219 g/mol. The molecule has 16 heavy (non-hydrogen) atoms. The van der Waals surface area contributed by atoms with E-state index >= 15 is 0 Å². The van der Waals surface area contributed by atoms with Gasteiger partial charge in [0.15, 0.2) is 0 Å². The zero-order valence-electron chi connectivity index (χ0n) is 8.89. The third-order valence-corrected chi connectivity index (χ3v) is 2.95. The van der Waals surface area contributed by atoms with Gasteiger partial charge in [-0.3, -0.25) is 4.79 Å². The summed E-state index contributed by atoms with van der Waals surface area (Å²) in [5.41, 5.74) is 1.11. The van der Waals surface area contributed by atoms with Crippen molar-refractivity contribution in [3.05, 3.63) is 24.3 Å². The Hall–Kier alpha value is -1.33. The third kappa shape index (κ3) is 2.43. The fourth-order valence-electron chi connectivity index (χ4n) is 1.65. The van der Waals surface area contributed by atoms with Gasteiger partial charge in [0, 0.05) is 11.6 Å². The Morgan fingerprint density at radius 1 is 1.25 bits per heavy atom. The molecule has 1 aliphatic carbocycles. The zero-order valence-corrected chi connectivity index (χ0v) is 8.89. The molecule has 1 fully saturated rings. The highest BCUT2D eigenvalue weighted by Gasteiger charge is 2.25. The molecule has 0 aliphatic heterocycles. The lowest BCUT2D eigenvalue weighted by Crippen LogP contribution is -2.30. The lowest BCUT2D eigenvalue weighted by molar-refractivity contribution is -0.122. The Morgan fingerprint density at radius 2 is 1.88 bits per heavy atom. The van der Waals surface area contributed by atoms with Crippen LogP contribution in [-0.4, -0.2) is 23.1 Å². The van der Waals surface area contributed by atoms with Crippen LogP contribution in [0.15, 0.2) is 24.3 Å². The highest BCUT2D eigenvalue weighted by molar-refractivity contribution is 6.58.